The van der Waals surface area contributed by atoms with Crippen LogP contribution in [0.25, 0.3) is 0 Å². The second-order valence-electron chi connectivity index (χ2n) is 18.1. The monoisotopic (exact) mass is 871 g/mol. The topological polar surface area (TPSA) is 78.9 Å². The van der Waals surface area contributed by atoms with E-state index in [1.165, 1.54) is 180 Å². The van der Waals surface area contributed by atoms with Crippen molar-refractivity contribution in [2.75, 3.05) is 13.2 Å². The van der Waals surface area contributed by atoms with Gasteiger partial charge in [0, 0.05) is 19.3 Å². The van der Waals surface area contributed by atoms with Gasteiger partial charge < -0.3 is 14.2 Å². The van der Waals surface area contributed by atoms with E-state index in [2.05, 4.69) is 51.2 Å². The molecule has 0 aromatic rings. The first-order valence-electron chi connectivity index (χ1n) is 27.0. The molecular formula is C56H102O6. The van der Waals surface area contributed by atoms with Crippen LogP contribution in [-0.2, 0) is 28.6 Å². The Balaban J connectivity index is 4.34. The Hall–Kier alpha value is -2.37. The van der Waals surface area contributed by atoms with E-state index in [1.54, 1.807) is 0 Å². The van der Waals surface area contributed by atoms with Gasteiger partial charge in [0.25, 0.3) is 0 Å². The van der Waals surface area contributed by atoms with E-state index >= 15 is 0 Å². The molecule has 0 spiro atoms. The van der Waals surface area contributed by atoms with Crippen LogP contribution in [-0.4, -0.2) is 37.2 Å². The van der Waals surface area contributed by atoms with Crippen LogP contribution in [0.1, 0.15) is 284 Å². The fourth-order valence-corrected chi connectivity index (χ4v) is 7.79. The number of carbonyl (C=O) groups is 3. The first-order valence-corrected chi connectivity index (χ1v) is 27.0. The van der Waals surface area contributed by atoms with Gasteiger partial charge in [-0.15, -0.1) is 0 Å². The number of allylic oxidation sites excluding steroid dienone is 6. The number of hydrogen-bond donors (Lipinski definition) is 0. The SMILES string of the molecule is CCCCC/C=C\CCCCCCCC(=O)OCC(COC(=O)CCCCCCCCCCCCCCCCCCCCC)OC(=O)CC/C=C\C/C=C\CCCCCCCC. The minimum Gasteiger partial charge on any atom is -0.462 e. The zero-order valence-corrected chi connectivity index (χ0v) is 41.4. The van der Waals surface area contributed by atoms with Gasteiger partial charge in [0.15, 0.2) is 6.10 Å². The highest BCUT2D eigenvalue weighted by molar-refractivity contribution is 5.71. The Labute approximate surface area is 385 Å². The van der Waals surface area contributed by atoms with Crippen molar-refractivity contribution in [2.45, 2.75) is 290 Å². The van der Waals surface area contributed by atoms with Crippen molar-refractivity contribution < 1.29 is 28.6 Å². The fraction of sp³-hybridized carbons (Fsp3) is 0.839. The summed E-state index contributed by atoms with van der Waals surface area (Å²) in [6.07, 6.45) is 60.1. The summed E-state index contributed by atoms with van der Waals surface area (Å²) in [5.74, 6) is -0.960. The summed E-state index contributed by atoms with van der Waals surface area (Å²) >= 11 is 0. The van der Waals surface area contributed by atoms with Crippen molar-refractivity contribution in [1.29, 1.82) is 0 Å². The van der Waals surface area contributed by atoms with Crippen molar-refractivity contribution >= 4 is 17.9 Å². The fourth-order valence-electron chi connectivity index (χ4n) is 7.79. The van der Waals surface area contributed by atoms with Crippen LogP contribution in [0.4, 0.5) is 0 Å². The van der Waals surface area contributed by atoms with Crippen LogP contribution in [0.3, 0.4) is 0 Å². The molecular weight excluding hydrogens is 769 g/mol. The molecule has 0 aliphatic carbocycles. The molecule has 6 nitrogen and oxygen atoms in total. The van der Waals surface area contributed by atoms with Crippen LogP contribution in [0.5, 0.6) is 0 Å². The van der Waals surface area contributed by atoms with E-state index in [1.807, 2.05) is 6.08 Å². The summed E-state index contributed by atoms with van der Waals surface area (Å²) in [7, 11) is 0. The second kappa shape index (κ2) is 51.3. The summed E-state index contributed by atoms with van der Waals surface area (Å²) in [6, 6.07) is 0. The minimum atomic E-state index is -0.801. The number of ether oxygens (including phenoxy) is 3. The second-order valence-corrected chi connectivity index (χ2v) is 18.1. The van der Waals surface area contributed by atoms with E-state index in [4.69, 9.17) is 14.2 Å². The molecule has 1 atom stereocenters. The highest BCUT2D eigenvalue weighted by atomic mass is 16.6. The normalized spacial score (nSPS) is 12.2. The molecule has 0 rings (SSSR count). The van der Waals surface area contributed by atoms with E-state index < -0.39 is 6.10 Å². The van der Waals surface area contributed by atoms with Gasteiger partial charge in [-0.2, -0.15) is 0 Å². The lowest BCUT2D eigenvalue weighted by atomic mass is 10.0. The average molecular weight is 871 g/mol. The first kappa shape index (κ1) is 59.6. The van der Waals surface area contributed by atoms with Gasteiger partial charge in [-0.1, -0.05) is 237 Å². The molecule has 0 aromatic carbocycles. The summed E-state index contributed by atoms with van der Waals surface area (Å²) < 4.78 is 16.7. The maximum Gasteiger partial charge on any atom is 0.306 e. The maximum absolute atomic E-state index is 12.7. The van der Waals surface area contributed by atoms with E-state index in [9.17, 15) is 14.4 Å². The number of rotatable bonds is 49. The van der Waals surface area contributed by atoms with Gasteiger partial charge in [0.1, 0.15) is 13.2 Å². The molecule has 0 fully saturated rings. The largest absolute Gasteiger partial charge is 0.462 e. The van der Waals surface area contributed by atoms with Crippen LogP contribution in [0.15, 0.2) is 36.5 Å². The lowest BCUT2D eigenvalue weighted by Gasteiger charge is -2.18. The average Bonchev–Trinajstić information content (AvgIpc) is 3.27. The molecule has 0 aliphatic heterocycles. The Morgan fingerprint density at radius 1 is 0.323 bits per heavy atom. The zero-order valence-electron chi connectivity index (χ0n) is 41.4. The highest BCUT2D eigenvalue weighted by Gasteiger charge is 2.19. The van der Waals surface area contributed by atoms with Crippen molar-refractivity contribution in [2.24, 2.45) is 0 Å². The van der Waals surface area contributed by atoms with Crippen molar-refractivity contribution in [1.82, 2.24) is 0 Å². The Kier molecular flexibility index (Phi) is 49.3. The Bertz CT molecular complexity index is 1050. The van der Waals surface area contributed by atoms with Gasteiger partial charge >= 0.3 is 17.9 Å². The first-order chi connectivity index (χ1) is 30.5. The lowest BCUT2D eigenvalue weighted by Crippen LogP contribution is -2.30. The third-order valence-corrected chi connectivity index (χ3v) is 11.9. The molecule has 0 saturated heterocycles. The van der Waals surface area contributed by atoms with E-state index in [0.717, 1.165) is 57.8 Å². The smallest absolute Gasteiger partial charge is 0.306 e. The van der Waals surface area contributed by atoms with Crippen LogP contribution < -0.4 is 0 Å². The van der Waals surface area contributed by atoms with Gasteiger partial charge in [0.05, 0.1) is 0 Å². The molecule has 0 amide bonds. The van der Waals surface area contributed by atoms with Crippen molar-refractivity contribution in [3.05, 3.63) is 36.5 Å². The van der Waals surface area contributed by atoms with Crippen molar-refractivity contribution in [3.8, 4) is 0 Å². The van der Waals surface area contributed by atoms with Crippen LogP contribution in [0, 0.1) is 0 Å². The molecule has 0 saturated carbocycles. The number of unbranched alkanes of at least 4 members (excludes halogenated alkanes) is 32. The third-order valence-electron chi connectivity index (χ3n) is 11.9. The summed E-state index contributed by atoms with van der Waals surface area (Å²) in [4.78, 5) is 37.9. The molecule has 6 heteroatoms. The van der Waals surface area contributed by atoms with Gasteiger partial charge in [-0.25, -0.2) is 0 Å². The molecule has 0 radical (unpaired) electrons. The molecule has 1 unspecified atom stereocenters. The van der Waals surface area contributed by atoms with Gasteiger partial charge in [-0.3, -0.25) is 14.4 Å². The molecule has 0 heterocycles. The Morgan fingerprint density at radius 2 is 0.613 bits per heavy atom. The van der Waals surface area contributed by atoms with Crippen LogP contribution >= 0.6 is 0 Å². The van der Waals surface area contributed by atoms with Crippen molar-refractivity contribution in [3.63, 3.8) is 0 Å². The maximum atomic E-state index is 12.7. The van der Waals surface area contributed by atoms with E-state index in [0.29, 0.717) is 19.3 Å². The van der Waals surface area contributed by atoms with Gasteiger partial charge in [-0.05, 0) is 64.2 Å². The summed E-state index contributed by atoms with van der Waals surface area (Å²) in [5, 5.41) is 0. The predicted octanol–water partition coefficient (Wildman–Crippen LogP) is 17.7. The summed E-state index contributed by atoms with van der Waals surface area (Å²) in [5.41, 5.74) is 0. The standard InChI is InChI=1S/C56H102O6/c1-4-7-10-13-16-19-22-25-26-27-28-29-30-32-34-37-40-43-46-49-55(58)61-52-53(51-60-54(57)48-45-42-39-36-33-24-21-18-15-12-9-6-3)62-56(59)50-47-44-41-38-35-31-23-20-17-14-11-8-5-2/h18,21,31,35,41,44,53H,4-17,19-20,22-30,32-34,36-40,42-43,45-52H2,1-3H3/b21-18-,35-31-,44-41-. The number of carbonyl (C=O) groups excluding carboxylic acids is 3. The lowest BCUT2D eigenvalue weighted by molar-refractivity contribution is -0.166. The molecule has 0 N–H and O–H groups in total. The number of esters is 3. The summed E-state index contributed by atoms with van der Waals surface area (Å²) in [6.45, 7) is 6.58. The van der Waals surface area contributed by atoms with Crippen LogP contribution in [0.2, 0.25) is 0 Å². The molecule has 0 bridgehead atoms. The Morgan fingerprint density at radius 3 is 1.00 bits per heavy atom. The minimum absolute atomic E-state index is 0.0940. The number of hydrogen-bond acceptors (Lipinski definition) is 6. The molecule has 0 aromatic heterocycles. The highest BCUT2D eigenvalue weighted by Crippen LogP contribution is 2.16. The zero-order chi connectivity index (χ0) is 45.1. The molecule has 0 aliphatic rings. The quantitative estimate of drug-likeness (QED) is 0.0262. The molecule has 362 valence electrons. The van der Waals surface area contributed by atoms with Gasteiger partial charge in [0.2, 0.25) is 0 Å². The third kappa shape index (κ3) is 48.7. The molecule has 62 heavy (non-hydrogen) atoms. The predicted molar refractivity (Wildman–Crippen MR) is 266 cm³/mol. The van der Waals surface area contributed by atoms with E-state index in [-0.39, 0.29) is 37.5 Å².